The number of rotatable bonds is 5. The second-order valence-electron chi connectivity index (χ2n) is 3.21. The molecule has 0 aliphatic carbocycles. The van der Waals surface area contributed by atoms with E-state index >= 15 is 0 Å². The summed E-state index contributed by atoms with van der Waals surface area (Å²) >= 11 is 0. The Bertz CT molecular complexity index is 356. The SMILES string of the molecule is CCN(C)C(=O)CNc1cc(OC)ncn1. The minimum Gasteiger partial charge on any atom is -0.481 e. The van der Waals surface area contributed by atoms with Crippen LogP contribution in [-0.4, -0.2) is 48.0 Å². The van der Waals surface area contributed by atoms with E-state index in [0.29, 0.717) is 18.2 Å². The van der Waals surface area contributed by atoms with Gasteiger partial charge in [0.1, 0.15) is 12.1 Å². The van der Waals surface area contributed by atoms with E-state index in [1.54, 1.807) is 18.0 Å². The molecule has 0 spiro atoms. The second kappa shape index (κ2) is 5.89. The molecule has 1 amide bonds. The molecular weight excluding hydrogens is 208 g/mol. The van der Waals surface area contributed by atoms with Gasteiger partial charge in [-0.2, -0.15) is 0 Å². The molecule has 88 valence electrons. The highest BCUT2D eigenvalue weighted by Crippen LogP contribution is 2.09. The fraction of sp³-hybridized carbons (Fsp3) is 0.500. The largest absolute Gasteiger partial charge is 0.481 e. The molecule has 1 N–H and O–H groups in total. The van der Waals surface area contributed by atoms with Crippen LogP contribution in [0.5, 0.6) is 5.88 Å². The normalized spacial score (nSPS) is 9.69. The standard InChI is InChI=1S/C10H16N4O2/c1-4-14(2)10(15)6-11-8-5-9(16-3)13-7-12-8/h5,7H,4,6H2,1-3H3,(H,11,12,13). The average Bonchev–Trinajstić information content (AvgIpc) is 2.35. The third-order valence-electron chi connectivity index (χ3n) is 2.17. The van der Waals surface area contributed by atoms with E-state index in [0.717, 1.165) is 0 Å². The zero-order valence-electron chi connectivity index (χ0n) is 9.73. The number of carbonyl (C=O) groups excluding carboxylic acids is 1. The summed E-state index contributed by atoms with van der Waals surface area (Å²) in [4.78, 5) is 21.0. The molecule has 1 aromatic rings. The lowest BCUT2D eigenvalue weighted by Gasteiger charge is -2.14. The molecule has 0 aliphatic rings. The molecule has 1 heterocycles. The molecule has 16 heavy (non-hydrogen) atoms. The Kier molecular flexibility index (Phi) is 4.50. The molecule has 0 radical (unpaired) electrons. The predicted molar refractivity (Wildman–Crippen MR) is 60.4 cm³/mol. The number of amides is 1. The molecule has 0 atom stereocenters. The van der Waals surface area contributed by atoms with Gasteiger partial charge in [0, 0.05) is 19.7 Å². The van der Waals surface area contributed by atoms with Gasteiger partial charge in [0.05, 0.1) is 13.7 Å². The van der Waals surface area contributed by atoms with Crippen LogP contribution in [0.25, 0.3) is 0 Å². The van der Waals surface area contributed by atoms with Crippen molar-refractivity contribution in [2.75, 3.05) is 32.6 Å². The lowest BCUT2D eigenvalue weighted by Crippen LogP contribution is -2.32. The van der Waals surface area contributed by atoms with Crippen molar-refractivity contribution >= 4 is 11.7 Å². The van der Waals surface area contributed by atoms with E-state index < -0.39 is 0 Å². The van der Waals surface area contributed by atoms with Crippen molar-refractivity contribution in [1.82, 2.24) is 14.9 Å². The van der Waals surface area contributed by atoms with Gasteiger partial charge in [-0.25, -0.2) is 9.97 Å². The van der Waals surface area contributed by atoms with Gasteiger partial charge in [0.2, 0.25) is 11.8 Å². The molecule has 0 fully saturated rings. The van der Waals surface area contributed by atoms with Crippen LogP contribution < -0.4 is 10.1 Å². The van der Waals surface area contributed by atoms with Crippen LogP contribution in [0.4, 0.5) is 5.82 Å². The minimum absolute atomic E-state index is 0.0140. The summed E-state index contributed by atoms with van der Waals surface area (Å²) in [5.74, 6) is 1.05. The maximum Gasteiger partial charge on any atom is 0.241 e. The second-order valence-corrected chi connectivity index (χ2v) is 3.21. The summed E-state index contributed by atoms with van der Waals surface area (Å²) in [5.41, 5.74) is 0. The van der Waals surface area contributed by atoms with E-state index in [9.17, 15) is 4.79 Å². The molecule has 0 bridgehead atoms. The Morgan fingerprint density at radius 2 is 2.31 bits per heavy atom. The van der Waals surface area contributed by atoms with Gasteiger partial charge in [-0.3, -0.25) is 4.79 Å². The molecule has 0 saturated heterocycles. The van der Waals surface area contributed by atoms with Crippen molar-refractivity contribution < 1.29 is 9.53 Å². The summed E-state index contributed by atoms with van der Waals surface area (Å²) in [6.07, 6.45) is 1.38. The van der Waals surface area contributed by atoms with Gasteiger partial charge < -0.3 is 15.0 Å². The van der Waals surface area contributed by atoms with Crippen LogP contribution in [0.2, 0.25) is 0 Å². The number of hydrogen-bond acceptors (Lipinski definition) is 5. The van der Waals surface area contributed by atoms with Crippen molar-refractivity contribution in [3.8, 4) is 5.88 Å². The van der Waals surface area contributed by atoms with Crippen LogP contribution in [0, 0.1) is 0 Å². The highest BCUT2D eigenvalue weighted by Gasteiger charge is 2.06. The summed E-state index contributed by atoms with van der Waals surface area (Å²) < 4.78 is 4.94. The first-order chi connectivity index (χ1) is 7.67. The Morgan fingerprint density at radius 3 is 2.94 bits per heavy atom. The number of carbonyl (C=O) groups is 1. The fourth-order valence-corrected chi connectivity index (χ4v) is 1.03. The average molecular weight is 224 g/mol. The molecule has 6 nitrogen and oxygen atoms in total. The molecule has 0 aromatic carbocycles. The molecule has 0 saturated carbocycles. The molecule has 0 aliphatic heterocycles. The summed E-state index contributed by atoms with van der Waals surface area (Å²) in [5, 5.41) is 2.91. The first-order valence-electron chi connectivity index (χ1n) is 5.01. The van der Waals surface area contributed by atoms with Gasteiger partial charge in [0.15, 0.2) is 0 Å². The fourth-order valence-electron chi connectivity index (χ4n) is 1.03. The highest BCUT2D eigenvalue weighted by molar-refractivity contribution is 5.80. The third kappa shape index (κ3) is 3.38. The zero-order valence-corrected chi connectivity index (χ0v) is 9.73. The summed E-state index contributed by atoms with van der Waals surface area (Å²) in [6, 6.07) is 1.64. The van der Waals surface area contributed by atoms with Gasteiger partial charge in [-0.1, -0.05) is 0 Å². The van der Waals surface area contributed by atoms with Crippen molar-refractivity contribution in [1.29, 1.82) is 0 Å². The molecule has 6 heteroatoms. The quantitative estimate of drug-likeness (QED) is 0.783. The number of aromatic nitrogens is 2. The zero-order chi connectivity index (χ0) is 12.0. The third-order valence-corrected chi connectivity index (χ3v) is 2.17. The number of ether oxygens (including phenoxy) is 1. The van der Waals surface area contributed by atoms with Crippen molar-refractivity contribution in [3.63, 3.8) is 0 Å². The molecular formula is C10H16N4O2. The van der Waals surface area contributed by atoms with Crippen LogP contribution in [0.1, 0.15) is 6.92 Å². The van der Waals surface area contributed by atoms with Crippen molar-refractivity contribution in [2.24, 2.45) is 0 Å². The Morgan fingerprint density at radius 1 is 1.56 bits per heavy atom. The summed E-state index contributed by atoms with van der Waals surface area (Å²) in [6.45, 7) is 2.82. The summed E-state index contributed by atoms with van der Waals surface area (Å²) in [7, 11) is 3.28. The number of anilines is 1. The Hall–Kier alpha value is -1.85. The highest BCUT2D eigenvalue weighted by atomic mass is 16.5. The molecule has 0 unspecified atom stereocenters. The Balaban J connectivity index is 2.51. The number of hydrogen-bond donors (Lipinski definition) is 1. The lowest BCUT2D eigenvalue weighted by molar-refractivity contribution is -0.127. The van der Waals surface area contributed by atoms with E-state index in [4.69, 9.17) is 4.74 Å². The maximum absolute atomic E-state index is 11.5. The number of nitrogens with zero attached hydrogens (tertiary/aromatic N) is 3. The van der Waals surface area contributed by atoms with E-state index in [1.165, 1.54) is 13.4 Å². The maximum atomic E-state index is 11.5. The topological polar surface area (TPSA) is 67.4 Å². The lowest BCUT2D eigenvalue weighted by atomic mass is 10.4. The first-order valence-corrected chi connectivity index (χ1v) is 5.01. The monoisotopic (exact) mass is 224 g/mol. The number of methoxy groups -OCH3 is 1. The van der Waals surface area contributed by atoms with Gasteiger partial charge in [-0.15, -0.1) is 0 Å². The molecule has 1 aromatic heterocycles. The predicted octanol–water partition coefficient (Wildman–Crippen LogP) is 0.375. The van der Waals surface area contributed by atoms with Crippen molar-refractivity contribution in [2.45, 2.75) is 6.92 Å². The van der Waals surface area contributed by atoms with Gasteiger partial charge in [0.25, 0.3) is 0 Å². The van der Waals surface area contributed by atoms with Gasteiger partial charge in [-0.05, 0) is 6.92 Å². The number of nitrogens with one attached hydrogen (secondary N) is 1. The Labute approximate surface area is 94.6 Å². The van der Waals surface area contributed by atoms with Crippen LogP contribution >= 0.6 is 0 Å². The van der Waals surface area contributed by atoms with E-state index in [-0.39, 0.29) is 12.5 Å². The van der Waals surface area contributed by atoms with Crippen LogP contribution in [-0.2, 0) is 4.79 Å². The smallest absolute Gasteiger partial charge is 0.241 e. The van der Waals surface area contributed by atoms with Crippen molar-refractivity contribution in [3.05, 3.63) is 12.4 Å². The van der Waals surface area contributed by atoms with Gasteiger partial charge >= 0.3 is 0 Å². The van der Waals surface area contributed by atoms with Crippen LogP contribution in [0.3, 0.4) is 0 Å². The van der Waals surface area contributed by atoms with Crippen LogP contribution in [0.15, 0.2) is 12.4 Å². The van der Waals surface area contributed by atoms with E-state index in [1.807, 2.05) is 6.92 Å². The number of likely N-dealkylation sites (N-methyl/N-ethyl adjacent to an activating group) is 1. The first kappa shape index (κ1) is 12.2. The molecule has 1 rings (SSSR count). The van der Waals surface area contributed by atoms with E-state index in [2.05, 4.69) is 15.3 Å². The minimum atomic E-state index is 0.0140.